The fourth-order valence-electron chi connectivity index (χ4n) is 11.9. The maximum atomic E-state index is 14.3. The van der Waals surface area contributed by atoms with E-state index in [-0.39, 0.29) is 91.9 Å². The number of hydrogen-bond acceptors (Lipinski definition) is 19. The van der Waals surface area contributed by atoms with Crippen LogP contribution in [0.3, 0.4) is 0 Å². The number of aryl methyl sites for hydroxylation is 2. The molecule has 5 amide bonds. The van der Waals surface area contributed by atoms with Gasteiger partial charge in [0.25, 0.3) is 33.7 Å². The second-order valence-corrected chi connectivity index (χ2v) is 28.1. The number of methoxy groups -OCH3 is 2. The van der Waals surface area contributed by atoms with Gasteiger partial charge in [-0.1, -0.05) is 69.6 Å². The Kier molecular flexibility index (Phi) is 25.4. The van der Waals surface area contributed by atoms with E-state index in [1.54, 1.807) is 20.3 Å². The van der Waals surface area contributed by atoms with E-state index in [1.807, 2.05) is 77.4 Å². The van der Waals surface area contributed by atoms with Crippen LogP contribution < -0.4 is 63.8 Å². The molecule has 0 saturated carbocycles. The van der Waals surface area contributed by atoms with Gasteiger partial charge in [-0.25, -0.2) is 0 Å². The van der Waals surface area contributed by atoms with Crippen LogP contribution in [0.25, 0.3) is 0 Å². The topological polar surface area (TPSA) is 271 Å². The molecule has 0 aliphatic carbocycles. The number of anilines is 3. The molecule has 1 unspecified atom stereocenters. The van der Waals surface area contributed by atoms with Crippen LogP contribution in [0.2, 0.25) is 0 Å². The number of benzene rings is 5. The zero-order valence-corrected chi connectivity index (χ0v) is 57.5. The maximum Gasteiger partial charge on any atom is 1.00 e. The van der Waals surface area contributed by atoms with Gasteiger partial charge >= 0.3 is 40.2 Å². The summed E-state index contributed by atoms with van der Waals surface area (Å²) in [7, 11) is -1.89. The summed E-state index contributed by atoms with van der Waals surface area (Å²) in [5, 5.41) is 0.679. The molecule has 5 heterocycles. The first kappa shape index (κ1) is 71.5. The first-order valence-electron chi connectivity index (χ1n) is 29.8. The van der Waals surface area contributed by atoms with Crippen molar-refractivity contribution in [3.63, 3.8) is 0 Å². The molecule has 3 atom stereocenters. The van der Waals surface area contributed by atoms with Crippen LogP contribution in [0.15, 0.2) is 103 Å². The zero-order chi connectivity index (χ0) is 65.0. The van der Waals surface area contributed by atoms with Crippen molar-refractivity contribution < 1.29 is 108 Å². The van der Waals surface area contributed by atoms with Gasteiger partial charge in [0.05, 0.1) is 40.1 Å². The molecule has 0 aromatic heterocycles. The first-order chi connectivity index (χ1) is 43.6. The average Bonchev–Trinajstić information content (AvgIpc) is 1.61. The van der Waals surface area contributed by atoms with Crippen molar-refractivity contribution in [3.05, 3.63) is 160 Å². The Bertz CT molecular complexity index is 3780. The molecule has 5 aliphatic rings. The number of rotatable bonds is 29. The molecular formula is C65H74N5NaO17S4. The van der Waals surface area contributed by atoms with Gasteiger partial charge in [0, 0.05) is 90.2 Å². The normalized spacial score (nSPS) is 16.6. The fourth-order valence-corrected chi connectivity index (χ4v) is 15.4. The minimum atomic E-state index is -4.82. The molecule has 92 heavy (non-hydrogen) atoms. The Morgan fingerprint density at radius 2 is 1.37 bits per heavy atom. The van der Waals surface area contributed by atoms with Crippen molar-refractivity contribution >= 4 is 88.9 Å². The van der Waals surface area contributed by atoms with Gasteiger partial charge in [-0.15, -0.1) is 12.6 Å². The van der Waals surface area contributed by atoms with Crippen LogP contribution in [0.5, 0.6) is 17.2 Å². The molecular weight excluding hydrogens is 1270 g/mol. The minimum absolute atomic E-state index is 0. The number of para-hydroxylation sites is 2. The van der Waals surface area contributed by atoms with Crippen molar-refractivity contribution in [1.29, 1.82) is 0 Å². The summed E-state index contributed by atoms with van der Waals surface area (Å²) >= 11 is 0. The number of fused-ring (bicyclic) bond motifs is 8. The molecule has 2 N–H and O–H groups in total. The summed E-state index contributed by atoms with van der Waals surface area (Å²) in [5.74, 6) is -0.347. The quantitative estimate of drug-likeness (QED) is 0.0168. The summed E-state index contributed by atoms with van der Waals surface area (Å²) in [6.45, 7) is 8.88. The minimum Gasteiger partial charge on any atom is -0.493 e. The number of imide groups is 1. The van der Waals surface area contributed by atoms with Gasteiger partial charge in [0.1, 0.15) is 19.0 Å². The Hall–Kier alpha value is -6.30. The van der Waals surface area contributed by atoms with Gasteiger partial charge in [0.2, 0.25) is 5.91 Å². The van der Waals surface area contributed by atoms with Crippen molar-refractivity contribution in [2.24, 2.45) is 0 Å². The molecule has 27 heteroatoms. The van der Waals surface area contributed by atoms with E-state index in [1.165, 1.54) is 27.2 Å². The van der Waals surface area contributed by atoms with E-state index in [4.69, 9.17) is 41.0 Å². The zero-order valence-electron chi connectivity index (χ0n) is 52.3. The molecule has 22 nitrogen and oxygen atoms in total. The fraction of sp³-hybridized carbons (Fsp3) is 0.415. The molecule has 5 aliphatic heterocycles. The van der Waals surface area contributed by atoms with E-state index < -0.39 is 48.4 Å². The Morgan fingerprint density at radius 3 is 2.03 bits per heavy atom. The Balaban J connectivity index is 0.00000212. The van der Waals surface area contributed by atoms with Crippen LogP contribution in [0.1, 0.15) is 86.3 Å². The SMILES string of the molecule is COCCOCCOCCN(CC(C)(C)SSCCC(C(=O)NCCN1C(=O)C=CC1=O)S(=O)(=O)O)c1cc(COc2cc3c(cc2C)C(=O)N2c4ccccc4C[C@H]2CC3)cc(COc2cc3c(cc2OC)C(=O)N2c4ccccc4C[C@H]2[CH-]C3)c1.O=S(=O)=O.[Na+]. The Labute approximate surface area is 567 Å². The van der Waals surface area contributed by atoms with Crippen molar-refractivity contribution in [2.75, 3.05) is 93.9 Å². The molecule has 5 aromatic carbocycles. The standard InChI is InChI=1S/C65H74N5O14S3.Na.O3S/c1-42-30-52-45(14-16-49-34-47-10-6-8-12-54(47)69(49)63(52)74)36-56(42)83-39-43-31-44(40-84-58-37-46-15-17-50-35-48-11-7-9-13-55(48)70(50)64(75)53(46)38-57(58)80-5)33-51(32-43)67(23-24-81-27-28-82-26-25-79-4)41-65(2,3)86-85-29-20-59(87(76,77)78)62(73)66-21-22-68-60(71)18-19-61(68)72;;1-4(2)3/h6-13,17-19,30-33,36-38,49-50,59H,14-16,20-29,34-35,39-41H2,1-5H3,(H,66,73)(H,76,77,78);;/q-1;+1;/t49-,50-,59?;;/m1../s1. The van der Waals surface area contributed by atoms with Crippen LogP contribution in [-0.2, 0) is 88.2 Å². The third-order valence-corrected chi connectivity index (χ3v) is 20.6. The molecule has 0 spiro atoms. The summed E-state index contributed by atoms with van der Waals surface area (Å²) in [6, 6.07) is 30.0. The molecule has 0 bridgehead atoms. The van der Waals surface area contributed by atoms with Crippen LogP contribution >= 0.6 is 21.6 Å². The van der Waals surface area contributed by atoms with Gasteiger partial charge in [-0.3, -0.25) is 33.4 Å². The maximum absolute atomic E-state index is 14.3. The summed E-state index contributed by atoms with van der Waals surface area (Å²) in [5.41, 5.74) is 10.6. The summed E-state index contributed by atoms with van der Waals surface area (Å²) in [4.78, 5) is 72.8. The number of carbonyl (C=O) groups is 5. The Morgan fingerprint density at radius 1 is 0.772 bits per heavy atom. The number of carbonyl (C=O) groups excluding carboxylic acids is 5. The van der Waals surface area contributed by atoms with Gasteiger partial charge in [0.15, 0.2) is 16.7 Å². The third kappa shape index (κ3) is 18.1. The molecule has 5 aromatic rings. The monoisotopic (exact) mass is 1350 g/mol. The largest absolute Gasteiger partial charge is 1.00 e. The third-order valence-electron chi connectivity index (χ3n) is 16.1. The first-order valence-corrected chi connectivity index (χ1v) is 34.6. The second kappa shape index (κ2) is 32.7. The van der Waals surface area contributed by atoms with Crippen molar-refractivity contribution in [1.82, 2.24) is 10.2 Å². The van der Waals surface area contributed by atoms with E-state index in [2.05, 4.69) is 54.8 Å². The van der Waals surface area contributed by atoms with E-state index in [0.717, 1.165) is 93.2 Å². The molecule has 0 radical (unpaired) electrons. The number of nitrogens with one attached hydrogen (secondary N) is 1. The summed E-state index contributed by atoms with van der Waals surface area (Å²) < 4.78 is 96.3. The number of ether oxygens (including phenoxy) is 6. The van der Waals surface area contributed by atoms with Crippen LogP contribution in [0.4, 0.5) is 17.1 Å². The smallest absolute Gasteiger partial charge is 0.493 e. The van der Waals surface area contributed by atoms with E-state index >= 15 is 0 Å². The number of amides is 5. The number of nitrogens with zero attached hydrogens (tertiary/aromatic N) is 4. The predicted molar refractivity (Wildman–Crippen MR) is 345 cm³/mol. The molecule has 0 fully saturated rings. The molecule has 10 rings (SSSR count). The van der Waals surface area contributed by atoms with Crippen LogP contribution in [0, 0.1) is 13.3 Å². The van der Waals surface area contributed by atoms with Gasteiger partial charge in [-0.05, 0) is 141 Å². The summed E-state index contributed by atoms with van der Waals surface area (Å²) in [6.07, 6.45) is 7.88. The predicted octanol–water partition coefficient (Wildman–Crippen LogP) is 4.34. The average molecular weight is 1350 g/mol. The van der Waals surface area contributed by atoms with Crippen LogP contribution in [-0.4, -0.2) is 161 Å². The molecule has 486 valence electrons. The van der Waals surface area contributed by atoms with Gasteiger partial charge in [-0.2, -0.15) is 14.8 Å². The van der Waals surface area contributed by atoms with E-state index in [0.29, 0.717) is 80.9 Å². The number of hydrogen-bond donors (Lipinski definition) is 2. The second-order valence-electron chi connectivity index (χ2n) is 23.0. The van der Waals surface area contributed by atoms with Gasteiger partial charge < -0.3 is 54.9 Å². The molecule has 0 saturated heterocycles. The van der Waals surface area contributed by atoms with Crippen molar-refractivity contribution in [3.8, 4) is 17.2 Å². The van der Waals surface area contributed by atoms with Crippen molar-refractivity contribution in [2.45, 2.75) is 94.6 Å². The van der Waals surface area contributed by atoms with E-state index in [9.17, 15) is 36.9 Å².